The maximum atomic E-state index is 12.9. The van der Waals surface area contributed by atoms with Gasteiger partial charge in [-0.1, -0.05) is 6.07 Å². The van der Waals surface area contributed by atoms with Crippen molar-refractivity contribution in [1.29, 1.82) is 0 Å². The van der Waals surface area contributed by atoms with Gasteiger partial charge in [-0.25, -0.2) is 0 Å². The molecule has 0 spiro atoms. The number of fused-ring (bicyclic) bond motifs is 1. The van der Waals surface area contributed by atoms with Crippen LogP contribution in [-0.2, 0) is 12.7 Å². The number of rotatable bonds is 2. The Morgan fingerprint density at radius 2 is 2.00 bits per heavy atom. The van der Waals surface area contributed by atoms with Crippen LogP contribution in [-0.4, -0.2) is 4.57 Å². The van der Waals surface area contributed by atoms with E-state index in [1.807, 2.05) is 11.5 Å². The van der Waals surface area contributed by atoms with Crippen molar-refractivity contribution >= 4 is 10.9 Å². The van der Waals surface area contributed by atoms with Gasteiger partial charge in [0.2, 0.25) is 0 Å². The molecule has 1 heterocycles. The fourth-order valence-electron chi connectivity index (χ4n) is 2.28. The van der Waals surface area contributed by atoms with Gasteiger partial charge in [0.1, 0.15) is 0 Å². The molecule has 2 aromatic rings. The van der Waals surface area contributed by atoms with Crippen molar-refractivity contribution < 1.29 is 13.2 Å². The van der Waals surface area contributed by atoms with Crippen molar-refractivity contribution in [3.05, 3.63) is 35.5 Å². The summed E-state index contributed by atoms with van der Waals surface area (Å²) in [6, 6.07) is 5.49. The minimum Gasteiger partial charge on any atom is -0.343 e. The first-order chi connectivity index (χ1) is 8.36. The molecule has 0 saturated heterocycles. The number of nitrogens with two attached hydrogens (primary N) is 1. The molecule has 1 unspecified atom stereocenters. The summed E-state index contributed by atoms with van der Waals surface area (Å²) in [5, 5.41) is 0.221. The Bertz CT molecular complexity index is 567. The van der Waals surface area contributed by atoms with E-state index in [2.05, 4.69) is 0 Å². The number of benzene rings is 1. The standard InChI is InChI=1S/C13H15F3N2/c1-3-18-11-6-4-5-10(13(14,15)16)9(11)7-12(18)8(2)17/h4-8H,3,17H2,1-2H3. The molecule has 1 aromatic carbocycles. The molecule has 2 rings (SSSR count). The summed E-state index contributed by atoms with van der Waals surface area (Å²) in [4.78, 5) is 0. The summed E-state index contributed by atoms with van der Waals surface area (Å²) in [5.41, 5.74) is 6.52. The Morgan fingerprint density at radius 3 is 2.50 bits per heavy atom. The molecule has 1 aromatic heterocycles. The van der Waals surface area contributed by atoms with Crippen LogP contribution in [0.25, 0.3) is 10.9 Å². The molecule has 98 valence electrons. The topological polar surface area (TPSA) is 30.9 Å². The molecule has 0 saturated carbocycles. The van der Waals surface area contributed by atoms with Crippen molar-refractivity contribution in [2.75, 3.05) is 0 Å². The third-order valence-electron chi connectivity index (χ3n) is 3.07. The van der Waals surface area contributed by atoms with Crippen molar-refractivity contribution in [1.82, 2.24) is 4.57 Å². The molecule has 0 amide bonds. The average Bonchev–Trinajstić information content (AvgIpc) is 2.65. The third kappa shape index (κ3) is 1.99. The number of hydrogen-bond acceptors (Lipinski definition) is 1. The summed E-state index contributed by atoms with van der Waals surface area (Å²) >= 11 is 0. The molecule has 0 aliphatic rings. The molecule has 2 nitrogen and oxygen atoms in total. The fraction of sp³-hybridized carbons (Fsp3) is 0.385. The van der Waals surface area contributed by atoms with Crippen LogP contribution in [0.3, 0.4) is 0 Å². The van der Waals surface area contributed by atoms with Crippen LogP contribution in [0.1, 0.15) is 31.1 Å². The van der Waals surface area contributed by atoms with E-state index >= 15 is 0 Å². The molecule has 0 fully saturated rings. The number of alkyl halides is 3. The van der Waals surface area contributed by atoms with Gasteiger partial charge >= 0.3 is 6.18 Å². The van der Waals surface area contributed by atoms with Crippen molar-refractivity contribution in [3.63, 3.8) is 0 Å². The number of nitrogens with zero attached hydrogens (tertiary/aromatic N) is 1. The van der Waals surface area contributed by atoms with Crippen LogP contribution in [0.15, 0.2) is 24.3 Å². The summed E-state index contributed by atoms with van der Waals surface area (Å²) < 4.78 is 40.6. The molecule has 0 aliphatic heterocycles. The molecular weight excluding hydrogens is 241 g/mol. The van der Waals surface area contributed by atoms with Crippen LogP contribution in [0.4, 0.5) is 13.2 Å². The van der Waals surface area contributed by atoms with E-state index in [1.165, 1.54) is 6.07 Å². The Labute approximate surface area is 103 Å². The van der Waals surface area contributed by atoms with Crippen LogP contribution >= 0.6 is 0 Å². The molecule has 0 aliphatic carbocycles. The summed E-state index contributed by atoms with van der Waals surface area (Å²) in [7, 11) is 0. The van der Waals surface area contributed by atoms with Crippen molar-refractivity contribution in [2.45, 2.75) is 32.6 Å². The second-order valence-corrected chi connectivity index (χ2v) is 4.34. The highest BCUT2D eigenvalue weighted by atomic mass is 19.4. The van der Waals surface area contributed by atoms with E-state index in [-0.39, 0.29) is 11.4 Å². The molecule has 18 heavy (non-hydrogen) atoms. The first kappa shape index (κ1) is 13.0. The zero-order chi connectivity index (χ0) is 13.5. The molecular formula is C13H15F3N2. The van der Waals surface area contributed by atoms with Crippen LogP contribution in [0.2, 0.25) is 0 Å². The molecule has 5 heteroatoms. The first-order valence-electron chi connectivity index (χ1n) is 5.81. The number of aromatic nitrogens is 1. The molecule has 1 atom stereocenters. The SMILES string of the molecule is CCn1c(C(C)N)cc2c(C(F)(F)F)cccc21. The zero-order valence-electron chi connectivity index (χ0n) is 10.3. The number of aryl methyl sites for hydroxylation is 1. The summed E-state index contributed by atoms with van der Waals surface area (Å²) in [6.45, 7) is 4.26. The highest BCUT2D eigenvalue weighted by Gasteiger charge is 2.33. The minimum atomic E-state index is -4.34. The maximum absolute atomic E-state index is 12.9. The average molecular weight is 256 g/mol. The van der Waals surface area contributed by atoms with E-state index in [9.17, 15) is 13.2 Å². The molecule has 0 bridgehead atoms. The molecule has 2 N–H and O–H groups in total. The normalized spacial score (nSPS) is 14.1. The van der Waals surface area contributed by atoms with Gasteiger partial charge in [0.15, 0.2) is 0 Å². The van der Waals surface area contributed by atoms with Gasteiger partial charge in [0.25, 0.3) is 0 Å². The quantitative estimate of drug-likeness (QED) is 0.872. The van der Waals surface area contributed by atoms with Crippen LogP contribution in [0, 0.1) is 0 Å². The Hall–Kier alpha value is -1.49. The van der Waals surface area contributed by atoms with Gasteiger partial charge < -0.3 is 10.3 Å². The van der Waals surface area contributed by atoms with Crippen molar-refractivity contribution in [2.24, 2.45) is 5.73 Å². The predicted molar refractivity (Wildman–Crippen MR) is 65.2 cm³/mol. The maximum Gasteiger partial charge on any atom is 0.417 e. The largest absolute Gasteiger partial charge is 0.417 e. The smallest absolute Gasteiger partial charge is 0.343 e. The first-order valence-corrected chi connectivity index (χ1v) is 5.81. The van der Waals surface area contributed by atoms with E-state index in [0.29, 0.717) is 12.1 Å². The van der Waals surface area contributed by atoms with Gasteiger partial charge in [-0.3, -0.25) is 0 Å². The van der Waals surface area contributed by atoms with Gasteiger partial charge in [-0.05, 0) is 32.0 Å². The van der Waals surface area contributed by atoms with E-state index in [1.54, 1.807) is 19.1 Å². The lowest BCUT2D eigenvalue weighted by atomic mass is 10.1. The second kappa shape index (κ2) is 4.31. The van der Waals surface area contributed by atoms with Crippen LogP contribution in [0.5, 0.6) is 0 Å². The minimum absolute atomic E-state index is 0.221. The van der Waals surface area contributed by atoms with Gasteiger partial charge in [0, 0.05) is 29.2 Å². The summed E-state index contributed by atoms with van der Waals surface area (Å²) in [5.74, 6) is 0. The lowest BCUT2D eigenvalue weighted by Crippen LogP contribution is -2.11. The predicted octanol–water partition coefficient (Wildman–Crippen LogP) is 3.70. The van der Waals surface area contributed by atoms with E-state index < -0.39 is 11.7 Å². The van der Waals surface area contributed by atoms with Gasteiger partial charge in [-0.15, -0.1) is 0 Å². The lowest BCUT2D eigenvalue weighted by Gasteiger charge is -2.11. The summed E-state index contributed by atoms with van der Waals surface area (Å²) in [6.07, 6.45) is -4.34. The van der Waals surface area contributed by atoms with E-state index in [0.717, 1.165) is 11.8 Å². The third-order valence-corrected chi connectivity index (χ3v) is 3.07. The number of hydrogen-bond donors (Lipinski definition) is 1. The Balaban J connectivity index is 2.80. The highest BCUT2D eigenvalue weighted by Crippen LogP contribution is 2.36. The Morgan fingerprint density at radius 1 is 1.33 bits per heavy atom. The lowest BCUT2D eigenvalue weighted by molar-refractivity contribution is -0.136. The zero-order valence-corrected chi connectivity index (χ0v) is 10.3. The van der Waals surface area contributed by atoms with E-state index in [4.69, 9.17) is 5.73 Å². The van der Waals surface area contributed by atoms with Gasteiger partial charge in [-0.2, -0.15) is 13.2 Å². The molecule has 0 radical (unpaired) electrons. The monoisotopic (exact) mass is 256 g/mol. The fourth-order valence-corrected chi connectivity index (χ4v) is 2.28. The second-order valence-electron chi connectivity index (χ2n) is 4.34. The number of halogens is 3. The van der Waals surface area contributed by atoms with Crippen LogP contribution < -0.4 is 5.73 Å². The van der Waals surface area contributed by atoms with Gasteiger partial charge in [0.05, 0.1) is 5.56 Å². The Kier molecular flexibility index (Phi) is 3.11. The van der Waals surface area contributed by atoms with Crippen molar-refractivity contribution in [3.8, 4) is 0 Å². The highest BCUT2D eigenvalue weighted by molar-refractivity contribution is 5.85.